The van der Waals surface area contributed by atoms with Gasteiger partial charge >= 0.3 is 6.18 Å². The summed E-state index contributed by atoms with van der Waals surface area (Å²) < 4.78 is 42.9. The van der Waals surface area contributed by atoms with Crippen molar-refractivity contribution in [3.63, 3.8) is 0 Å². The largest absolute Gasteiger partial charge is 0.481 e. The number of rotatable bonds is 7. The number of halogens is 4. The zero-order valence-corrected chi connectivity index (χ0v) is 18.1. The van der Waals surface area contributed by atoms with Gasteiger partial charge in [-0.05, 0) is 40.8 Å². The Morgan fingerprint density at radius 1 is 1.13 bits per heavy atom. The molecule has 5 nitrogen and oxygen atoms in total. The Balaban J connectivity index is 1.92. The van der Waals surface area contributed by atoms with Crippen molar-refractivity contribution in [3.05, 3.63) is 64.6 Å². The van der Waals surface area contributed by atoms with Crippen LogP contribution in [0.25, 0.3) is 11.1 Å². The van der Waals surface area contributed by atoms with E-state index in [-0.39, 0.29) is 11.9 Å². The average molecular weight is 451 g/mol. The molecule has 0 aliphatic carbocycles. The van der Waals surface area contributed by atoms with Crippen LogP contribution in [0.2, 0.25) is 5.02 Å². The third-order valence-corrected chi connectivity index (χ3v) is 4.76. The van der Waals surface area contributed by atoms with Gasteiger partial charge in [-0.15, -0.1) is 0 Å². The van der Waals surface area contributed by atoms with Gasteiger partial charge in [0.15, 0.2) is 0 Å². The molecule has 0 radical (unpaired) electrons. The van der Waals surface area contributed by atoms with Crippen molar-refractivity contribution in [1.82, 2.24) is 15.0 Å². The molecule has 9 heteroatoms. The molecule has 2 heterocycles. The van der Waals surface area contributed by atoms with Crippen LogP contribution in [-0.4, -0.2) is 34.8 Å². The van der Waals surface area contributed by atoms with Crippen molar-refractivity contribution in [2.75, 3.05) is 19.0 Å². The van der Waals surface area contributed by atoms with Gasteiger partial charge in [-0.25, -0.2) is 15.0 Å². The molecule has 3 aromatic rings. The topological polar surface area (TPSA) is 59.9 Å². The lowest BCUT2D eigenvalue weighted by Gasteiger charge is -2.15. The summed E-state index contributed by atoms with van der Waals surface area (Å²) in [7, 11) is 1.55. The Hall–Kier alpha value is -2.87. The van der Waals surface area contributed by atoms with E-state index in [2.05, 4.69) is 20.3 Å². The Labute approximate surface area is 183 Å². The second-order valence-corrected chi connectivity index (χ2v) is 7.75. The molecule has 0 atom stereocenters. The second-order valence-electron chi connectivity index (χ2n) is 7.32. The molecule has 0 saturated heterocycles. The minimum atomic E-state index is -4.34. The van der Waals surface area contributed by atoms with Crippen LogP contribution in [-0.2, 0) is 6.42 Å². The van der Waals surface area contributed by atoms with Crippen LogP contribution in [0.5, 0.6) is 5.88 Å². The van der Waals surface area contributed by atoms with Crippen molar-refractivity contribution in [2.45, 2.75) is 32.4 Å². The van der Waals surface area contributed by atoms with E-state index in [9.17, 15) is 13.2 Å². The second kappa shape index (κ2) is 9.51. The first kappa shape index (κ1) is 22.8. The van der Waals surface area contributed by atoms with Crippen LogP contribution in [0, 0.1) is 0 Å². The number of anilines is 1. The fraction of sp³-hybridized carbons (Fsp3) is 0.318. The highest BCUT2D eigenvalue weighted by molar-refractivity contribution is 6.30. The van der Waals surface area contributed by atoms with Crippen LogP contribution in [0.1, 0.15) is 36.6 Å². The number of nitrogens with zero attached hydrogens (tertiary/aromatic N) is 3. The number of pyridine rings is 1. The van der Waals surface area contributed by atoms with Gasteiger partial charge in [-0.3, -0.25) is 0 Å². The third kappa shape index (κ3) is 6.07. The van der Waals surface area contributed by atoms with Gasteiger partial charge in [0.05, 0.1) is 12.8 Å². The van der Waals surface area contributed by atoms with Crippen LogP contribution >= 0.6 is 11.6 Å². The number of benzene rings is 1. The first-order valence-electron chi connectivity index (χ1n) is 9.61. The quantitative estimate of drug-likeness (QED) is 0.486. The van der Waals surface area contributed by atoms with Gasteiger partial charge in [0.25, 0.3) is 0 Å². The van der Waals surface area contributed by atoms with Crippen LogP contribution in [0.15, 0.2) is 42.7 Å². The van der Waals surface area contributed by atoms with E-state index in [4.69, 9.17) is 16.3 Å². The highest BCUT2D eigenvalue weighted by Gasteiger charge is 2.27. The lowest BCUT2D eigenvalue weighted by Crippen LogP contribution is -2.22. The van der Waals surface area contributed by atoms with Crippen molar-refractivity contribution in [3.8, 4) is 17.0 Å². The SMILES string of the molecule is COc1ncc(Cc2cnc(NCC(F)(F)F)nc2C(C)C)cc1-c1cccc(Cl)c1. The predicted octanol–water partition coefficient (Wildman–Crippen LogP) is 5.89. The molecule has 0 unspecified atom stereocenters. The van der Waals surface area contributed by atoms with Crippen molar-refractivity contribution in [2.24, 2.45) is 0 Å². The summed E-state index contributed by atoms with van der Waals surface area (Å²) in [5.41, 5.74) is 4.04. The van der Waals surface area contributed by atoms with E-state index in [0.717, 1.165) is 22.3 Å². The summed E-state index contributed by atoms with van der Waals surface area (Å²) in [4.78, 5) is 12.8. The fourth-order valence-electron chi connectivity index (χ4n) is 3.16. The summed E-state index contributed by atoms with van der Waals surface area (Å²) in [6.45, 7) is 2.68. The Morgan fingerprint density at radius 2 is 1.90 bits per heavy atom. The highest BCUT2D eigenvalue weighted by Crippen LogP contribution is 2.31. The fourth-order valence-corrected chi connectivity index (χ4v) is 3.35. The minimum Gasteiger partial charge on any atom is -0.481 e. The number of hydrogen-bond acceptors (Lipinski definition) is 5. The van der Waals surface area contributed by atoms with E-state index < -0.39 is 12.7 Å². The molecule has 0 bridgehead atoms. The molecule has 31 heavy (non-hydrogen) atoms. The molecule has 1 N–H and O–H groups in total. The molecule has 1 aromatic carbocycles. The van der Waals surface area contributed by atoms with E-state index in [0.29, 0.717) is 23.0 Å². The molecular formula is C22H22ClF3N4O. The number of ether oxygens (including phenoxy) is 1. The lowest BCUT2D eigenvalue weighted by atomic mass is 9.98. The van der Waals surface area contributed by atoms with Crippen LogP contribution in [0.4, 0.5) is 19.1 Å². The molecule has 164 valence electrons. The Bertz CT molecular complexity index is 1060. The molecule has 3 rings (SSSR count). The maximum absolute atomic E-state index is 12.5. The van der Waals surface area contributed by atoms with Crippen LogP contribution < -0.4 is 10.1 Å². The zero-order valence-electron chi connectivity index (χ0n) is 17.3. The predicted molar refractivity (Wildman–Crippen MR) is 115 cm³/mol. The van der Waals surface area contributed by atoms with Gasteiger partial charge in [-0.1, -0.05) is 37.6 Å². The summed E-state index contributed by atoms with van der Waals surface area (Å²) in [6.07, 6.45) is -0.611. The van der Waals surface area contributed by atoms with Gasteiger partial charge in [-0.2, -0.15) is 13.2 Å². The monoisotopic (exact) mass is 450 g/mol. The van der Waals surface area contributed by atoms with E-state index in [1.165, 1.54) is 0 Å². The first-order chi connectivity index (χ1) is 14.7. The molecule has 0 saturated carbocycles. The van der Waals surface area contributed by atoms with E-state index in [1.54, 1.807) is 25.6 Å². The smallest absolute Gasteiger partial charge is 0.405 e. The Kier molecular flexibility index (Phi) is 7.00. The minimum absolute atomic E-state index is 0.00282. The molecular weight excluding hydrogens is 429 g/mol. The summed E-state index contributed by atoms with van der Waals surface area (Å²) in [6, 6.07) is 9.33. The number of alkyl halides is 3. The van der Waals surface area contributed by atoms with Gasteiger partial charge in [0.2, 0.25) is 11.8 Å². The maximum atomic E-state index is 12.5. The maximum Gasteiger partial charge on any atom is 0.405 e. The zero-order chi connectivity index (χ0) is 22.6. The summed E-state index contributed by atoms with van der Waals surface area (Å²) in [5, 5.41) is 2.83. The van der Waals surface area contributed by atoms with Gasteiger partial charge in [0, 0.05) is 29.4 Å². The molecule has 0 spiro atoms. The average Bonchev–Trinajstić information content (AvgIpc) is 2.72. The molecule has 0 amide bonds. The van der Waals surface area contributed by atoms with Gasteiger partial charge < -0.3 is 10.1 Å². The summed E-state index contributed by atoms with van der Waals surface area (Å²) in [5.74, 6) is 0.429. The standard InChI is InChI=1S/C22H22ClF3N4O/c1-13(2)19-16(11-28-21(30-19)29-12-22(24,25)26)7-14-8-18(20(31-3)27-10-14)15-5-4-6-17(23)9-15/h4-6,8-11,13H,7,12H2,1-3H3,(H,28,29,30). The Morgan fingerprint density at radius 3 is 2.55 bits per heavy atom. The molecule has 0 aliphatic rings. The normalized spacial score (nSPS) is 11.6. The molecule has 2 aromatic heterocycles. The number of hydrogen-bond donors (Lipinski definition) is 1. The van der Waals surface area contributed by atoms with E-state index in [1.807, 2.05) is 38.1 Å². The van der Waals surface area contributed by atoms with Crippen molar-refractivity contribution in [1.29, 1.82) is 0 Å². The molecule has 0 aliphatic heterocycles. The first-order valence-corrected chi connectivity index (χ1v) is 9.99. The number of methoxy groups -OCH3 is 1. The number of aromatic nitrogens is 3. The van der Waals surface area contributed by atoms with Crippen molar-refractivity contribution < 1.29 is 17.9 Å². The molecule has 0 fully saturated rings. The van der Waals surface area contributed by atoms with E-state index >= 15 is 0 Å². The van der Waals surface area contributed by atoms with Crippen molar-refractivity contribution >= 4 is 17.5 Å². The van der Waals surface area contributed by atoms with Crippen LogP contribution in [0.3, 0.4) is 0 Å². The lowest BCUT2D eigenvalue weighted by molar-refractivity contribution is -0.115. The van der Waals surface area contributed by atoms with Gasteiger partial charge in [0.1, 0.15) is 6.54 Å². The highest BCUT2D eigenvalue weighted by atomic mass is 35.5. The number of nitrogens with one attached hydrogen (secondary N) is 1. The third-order valence-electron chi connectivity index (χ3n) is 4.52. The summed E-state index contributed by atoms with van der Waals surface area (Å²) >= 11 is 6.13.